The molecule has 3 rings (SSSR count). The molecule has 0 aromatic heterocycles. The molecule has 0 atom stereocenters. The number of nitrogens with one attached hydrogen (secondary N) is 1. The number of esters is 1. The van der Waals surface area contributed by atoms with Gasteiger partial charge in [0, 0.05) is 11.8 Å². The summed E-state index contributed by atoms with van der Waals surface area (Å²) in [5.74, 6) is -0.648. The van der Waals surface area contributed by atoms with E-state index >= 15 is 0 Å². The van der Waals surface area contributed by atoms with Gasteiger partial charge in [0.25, 0.3) is 10.0 Å². The van der Waals surface area contributed by atoms with E-state index in [0.717, 1.165) is 16.5 Å². The second-order valence-electron chi connectivity index (χ2n) is 5.64. The molecule has 0 saturated heterocycles. The normalized spacial score (nSPS) is 11.3. The standard InChI is InChI=1S/C18H15ClN2O4S/c1-25-18(22)16-10-14(5-7-17(16)19)21-26(23,24)15-6-3-11-2-4-13(20)8-12(11)9-15/h2-10,21H,20H2,1H3/p+1. The third kappa shape index (κ3) is 3.65. The average molecular weight is 392 g/mol. The van der Waals surface area contributed by atoms with Crippen molar-refractivity contribution in [3.63, 3.8) is 0 Å². The van der Waals surface area contributed by atoms with Crippen molar-refractivity contribution in [2.75, 3.05) is 11.8 Å². The molecule has 0 unspecified atom stereocenters. The molecule has 3 aromatic rings. The van der Waals surface area contributed by atoms with E-state index in [1.54, 1.807) is 12.1 Å². The van der Waals surface area contributed by atoms with Gasteiger partial charge in [0.2, 0.25) is 0 Å². The summed E-state index contributed by atoms with van der Waals surface area (Å²) in [4.78, 5) is 11.8. The largest absolute Gasteiger partial charge is 0.465 e. The molecular formula is C18H16ClN2O4S+. The molecule has 3 aromatic carbocycles. The average Bonchev–Trinajstić information content (AvgIpc) is 2.61. The van der Waals surface area contributed by atoms with Gasteiger partial charge in [-0.1, -0.05) is 17.7 Å². The summed E-state index contributed by atoms with van der Waals surface area (Å²) in [5, 5.41) is 1.86. The highest BCUT2D eigenvalue weighted by Gasteiger charge is 2.17. The number of fused-ring (bicyclic) bond motifs is 1. The zero-order valence-corrected chi connectivity index (χ0v) is 15.4. The molecule has 0 fully saturated rings. The number of hydrogen-bond donors (Lipinski definition) is 2. The van der Waals surface area contributed by atoms with Crippen LogP contribution in [-0.4, -0.2) is 21.5 Å². The summed E-state index contributed by atoms with van der Waals surface area (Å²) in [6, 6.07) is 14.6. The predicted octanol–water partition coefficient (Wildman–Crippen LogP) is 2.95. The Hall–Kier alpha value is -2.61. The number of ether oxygens (including phenoxy) is 1. The molecule has 8 heteroatoms. The third-order valence-electron chi connectivity index (χ3n) is 3.81. The first-order chi connectivity index (χ1) is 12.3. The summed E-state index contributed by atoms with van der Waals surface area (Å²) in [7, 11) is -2.62. The van der Waals surface area contributed by atoms with Crippen LogP contribution in [0.3, 0.4) is 0 Å². The smallest absolute Gasteiger partial charge is 0.339 e. The van der Waals surface area contributed by atoms with E-state index in [1.807, 2.05) is 18.2 Å². The molecule has 0 radical (unpaired) electrons. The van der Waals surface area contributed by atoms with Gasteiger partial charge in [-0.3, -0.25) is 4.72 Å². The number of carbonyl (C=O) groups is 1. The van der Waals surface area contributed by atoms with Crippen molar-refractivity contribution < 1.29 is 23.7 Å². The van der Waals surface area contributed by atoms with Crippen molar-refractivity contribution in [1.82, 2.24) is 0 Å². The Bertz CT molecular complexity index is 1110. The van der Waals surface area contributed by atoms with Gasteiger partial charge in [-0.05, 0) is 53.2 Å². The van der Waals surface area contributed by atoms with Gasteiger partial charge in [0.05, 0.1) is 22.6 Å². The topological polar surface area (TPSA) is 100 Å². The number of hydrogen-bond acceptors (Lipinski definition) is 4. The number of benzene rings is 3. The summed E-state index contributed by atoms with van der Waals surface area (Å²) < 4.78 is 32.5. The molecule has 0 aliphatic carbocycles. The Labute approximate surface area is 155 Å². The van der Waals surface area contributed by atoms with Gasteiger partial charge in [-0.2, -0.15) is 0 Å². The zero-order valence-electron chi connectivity index (χ0n) is 13.8. The van der Waals surface area contributed by atoms with Gasteiger partial charge in [0.15, 0.2) is 0 Å². The van der Waals surface area contributed by atoms with Crippen LogP contribution in [0.2, 0.25) is 5.02 Å². The molecule has 0 bridgehead atoms. The summed E-state index contributed by atoms with van der Waals surface area (Å²) in [5.41, 5.74) is 4.93. The third-order valence-corrected chi connectivity index (χ3v) is 5.52. The van der Waals surface area contributed by atoms with E-state index in [-0.39, 0.29) is 21.2 Å². The highest BCUT2D eigenvalue weighted by Crippen LogP contribution is 2.25. The van der Waals surface area contributed by atoms with Gasteiger partial charge in [0.1, 0.15) is 5.69 Å². The van der Waals surface area contributed by atoms with E-state index in [1.165, 1.54) is 31.4 Å². The number of quaternary nitrogens is 1. The van der Waals surface area contributed by atoms with Crippen LogP contribution in [-0.2, 0) is 14.8 Å². The lowest BCUT2D eigenvalue weighted by Crippen LogP contribution is -2.39. The van der Waals surface area contributed by atoms with Crippen molar-refractivity contribution in [3.05, 3.63) is 65.2 Å². The maximum absolute atomic E-state index is 12.7. The fourth-order valence-electron chi connectivity index (χ4n) is 2.51. The van der Waals surface area contributed by atoms with Gasteiger partial charge >= 0.3 is 5.97 Å². The van der Waals surface area contributed by atoms with Crippen LogP contribution < -0.4 is 10.5 Å². The molecule has 0 saturated carbocycles. The second-order valence-corrected chi connectivity index (χ2v) is 7.72. The fourth-order valence-corrected chi connectivity index (χ4v) is 3.79. The van der Waals surface area contributed by atoms with Crippen LogP contribution in [0.25, 0.3) is 10.8 Å². The molecule has 26 heavy (non-hydrogen) atoms. The van der Waals surface area contributed by atoms with Crippen molar-refractivity contribution in [2.24, 2.45) is 0 Å². The zero-order chi connectivity index (χ0) is 18.9. The van der Waals surface area contributed by atoms with Crippen molar-refractivity contribution in [1.29, 1.82) is 0 Å². The number of halogens is 1. The lowest BCUT2D eigenvalue weighted by molar-refractivity contribution is -0.254. The van der Waals surface area contributed by atoms with Gasteiger partial charge in [-0.15, -0.1) is 0 Å². The van der Waals surface area contributed by atoms with E-state index < -0.39 is 16.0 Å². The highest BCUT2D eigenvalue weighted by atomic mass is 35.5. The highest BCUT2D eigenvalue weighted by molar-refractivity contribution is 7.92. The lowest BCUT2D eigenvalue weighted by atomic mass is 10.1. The first-order valence-corrected chi connectivity index (χ1v) is 9.43. The van der Waals surface area contributed by atoms with Gasteiger partial charge < -0.3 is 10.5 Å². The number of methoxy groups -OCH3 is 1. The maximum atomic E-state index is 12.7. The first-order valence-electron chi connectivity index (χ1n) is 7.56. The van der Waals surface area contributed by atoms with Gasteiger partial charge in [-0.25, -0.2) is 13.2 Å². The molecule has 0 heterocycles. The van der Waals surface area contributed by atoms with E-state index in [2.05, 4.69) is 15.2 Å². The fraction of sp³-hybridized carbons (Fsp3) is 0.0556. The maximum Gasteiger partial charge on any atom is 0.339 e. The van der Waals surface area contributed by atoms with Crippen LogP contribution in [0.4, 0.5) is 11.4 Å². The minimum atomic E-state index is -3.85. The summed E-state index contributed by atoms with van der Waals surface area (Å²) >= 11 is 5.95. The molecule has 134 valence electrons. The SMILES string of the molecule is COC(=O)c1cc(NS(=O)(=O)c2ccc3ccc([NH3+])cc3c2)ccc1Cl. The second kappa shape index (κ2) is 6.95. The van der Waals surface area contributed by atoms with Crippen molar-refractivity contribution >= 4 is 49.7 Å². The van der Waals surface area contributed by atoms with Crippen molar-refractivity contribution in [2.45, 2.75) is 4.90 Å². The molecule has 6 nitrogen and oxygen atoms in total. The molecule has 0 amide bonds. The Morgan fingerprint density at radius 3 is 2.50 bits per heavy atom. The summed E-state index contributed by atoms with van der Waals surface area (Å²) in [6.45, 7) is 0. The molecular weight excluding hydrogens is 376 g/mol. The number of sulfonamides is 1. The Morgan fingerprint density at radius 1 is 1.04 bits per heavy atom. The molecule has 0 spiro atoms. The van der Waals surface area contributed by atoms with Crippen molar-refractivity contribution in [3.8, 4) is 0 Å². The molecule has 0 aliphatic heterocycles. The Kier molecular flexibility index (Phi) is 4.86. The minimum absolute atomic E-state index is 0.0783. The van der Waals surface area contributed by atoms with Crippen LogP contribution in [0.1, 0.15) is 10.4 Å². The monoisotopic (exact) mass is 391 g/mol. The summed E-state index contributed by atoms with van der Waals surface area (Å²) in [6.07, 6.45) is 0. The number of rotatable bonds is 4. The number of anilines is 1. The molecule has 0 aliphatic rings. The Morgan fingerprint density at radius 2 is 1.77 bits per heavy atom. The van der Waals surface area contributed by atoms with Crippen LogP contribution >= 0.6 is 11.6 Å². The van der Waals surface area contributed by atoms with Crippen LogP contribution in [0.5, 0.6) is 0 Å². The van der Waals surface area contributed by atoms with Crippen LogP contribution in [0.15, 0.2) is 59.5 Å². The lowest BCUT2D eigenvalue weighted by Gasteiger charge is -2.11. The van der Waals surface area contributed by atoms with E-state index in [4.69, 9.17) is 11.6 Å². The predicted molar refractivity (Wildman–Crippen MR) is 100 cm³/mol. The Balaban J connectivity index is 1.98. The quantitative estimate of drug-likeness (QED) is 0.667. The minimum Gasteiger partial charge on any atom is -0.465 e. The molecule has 4 N–H and O–H groups in total. The number of carbonyl (C=O) groups excluding carboxylic acids is 1. The van der Waals surface area contributed by atoms with Crippen LogP contribution in [0, 0.1) is 0 Å². The van der Waals surface area contributed by atoms with E-state index in [9.17, 15) is 13.2 Å². The van der Waals surface area contributed by atoms with E-state index in [0.29, 0.717) is 0 Å². The first kappa shape index (κ1) is 18.2.